The van der Waals surface area contributed by atoms with Gasteiger partial charge in [-0.15, -0.1) is 0 Å². The van der Waals surface area contributed by atoms with Crippen molar-refractivity contribution in [2.75, 3.05) is 32.8 Å². The van der Waals surface area contributed by atoms with Crippen molar-refractivity contribution in [1.82, 2.24) is 4.90 Å². The number of aromatic hydroxyl groups is 2. The molecular formula is C27H29NO4. The van der Waals surface area contributed by atoms with E-state index in [0.717, 1.165) is 34.7 Å². The maximum Gasteiger partial charge on any atom is 0.123 e. The second-order valence-electron chi connectivity index (χ2n) is 8.68. The zero-order valence-electron chi connectivity index (χ0n) is 18.1. The number of hydrogen-bond donors (Lipinski definition) is 2. The normalized spacial score (nSPS) is 20.5. The standard InChI is InChI=1S/C27H29NO4/c29-21-7-3-19(4-8-21)25-18-32-26-12-9-22(30)17-24(26)27(25)20-5-10-23(11-6-20)31-16-15-28-13-1-2-14-28/h3-12,17,25,27,29-30H,1-2,13-16,18H2/t25-,27+/m0/s1. The van der Waals surface area contributed by atoms with Crippen LogP contribution >= 0.6 is 0 Å². The average Bonchev–Trinajstić information content (AvgIpc) is 3.33. The molecule has 2 aliphatic rings. The van der Waals surface area contributed by atoms with Crippen molar-refractivity contribution < 1.29 is 19.7 Å². The summed E-state index contributed by atoms with van der Waals surface area (Å²) in [5, 5.41) is 19.9. The van der Waals surface area contributed by atoms with Gasteiger partial charge in [0.25, 0.3) is 0 Å². The number of nitrogens with zero attached hydrogens (tertiary/aromatic N) is 1. The summed E-state index contributed by atoms with van der Waals surface area (Å²) in [5.74, 6) is 2.23. The molecule has 5 nitrogen and oxygen atoms in total. The summed E-state index contributed by atoms with van der Waals surface area (Å²) in [7, 11) is 0. The number of likely N-dealkylation sites (tertiary alicyclic amines) is 1. The molecule has 0 unspecified atom stereocenters. The first-order valence-electron chi connectivity index (χ1n) is 11.4. The first-order valence-corrected chi connectivity index (χ1v) is 11.4. The first-order chi connectivity index (χ1) is 15.7. The van der Waals surface area contributed by atoms with E-state index in [9.17, 15) is 10.2 Å². The Bertz CT molecular complexity index is 1040. The number of rotatable bonds is 6. The highest BCUT2D eigenvalue weighted by atomic mass is 16.5. The van der Waals surface area contributed by atoms with Gasteiger partial charge in [0.15, 0.2) is 0 Å². The van der Waals surface area contributed by atoms with Crippen LogP contribution in [0.25, 0.3) is 0 Å². The lowest BCUT2D eigenvalue weighted by molar-refractivity contribution is 0.237. The predicted molar refractivity (Wildman–Crippen MR) is 124 cm³/mol. The van der Waals surface area contributed by atoms with Crippen molar-refractivity contribution >= 4 is 0 Å². The molecule has 0 amide bonds. The van der Waals surface area contributed by atoms with Crippen molar-refractivity contribution in [3.05, 3.63) is 83.4 Å². The molecule has 2 N–H and O–H groups in total. The van der Waals surface area contributed by atoms with E-state index in [-0.39, 0.29) is 23.3 Å². The highest BCUT2D eigenvalue weighted by molar-refractivity contribution is 5.51. The Morgan fingerprint density at radius 3 is 2.28 bits per heavy atom. The van der Waals surface area contributed by atoms with Crippen LogP contribution in [-0.4, -0.2) is 48.0 Å². The number of hydrogen-bond acceptors (Lipinski definition) is 5. The van der Waals surface area contributed by atoms with Gasteiger partial charge in [-0.05, 0) is 79.5 Å². The highest BCUT2D eigenvalue weighted by Crippen LogP contribution is 2.47. The van der Waals surface area contributed by atoms with Crippen molar-refractivity contribution in [3.8, 4) is 23.0 Å². The predicted octanol–water partition coefficient (Wildman–Crippen LogP) is 4.88. The third-order valence-corrected chi connectivity index (χ3v) is 6.58. The summed E-state index contributed by atoms with van der Waals surface area (Å²) in [6.45, 7) is 4.55. The molecule has 1 fully saturated rings. The van der Waals surface area contributed by atoms with Gasteiger partial charge in [0.05, 0.1) is 6.61 Å². The third kappa shape index (κ3) is 4.39. The summed E-state index contributed by atoms with van der Waals surface area (Å²) in [6.07, 6.45) is 2.58. The number of ether oxygens (including phenoxy) is 2. The largest absolute Gasteiger partial charge is 0.508 e. The van der Waals surface area contributed by atoms with E-state index < -0.39 is 0 Å². The summed E-state index contributed by atoms with van der Waals surface area (Å²) >= 11 is 0. The van der Waals surface area contributed by atoms with Crippen molar-refractivity contribution in [3.63, 3.8) is 0 Å². The molecule has 3 aromatic rings. The Hall–Kier alpha value is -3.18. The van der Waals surface area contributed by atoms with E-state index in [0.29, 0.717) is 13.2 Å². The van der Waals surface area contributed by atoms with Crippen LogP contribution in [0, 0.1) is 0 Å². The van der Waals surface area contributed by atoms with Crippen molar-refractivity contribution in [2.45, 2.75) is 24.7 Å². The van der Waals surface area contributed by atoms with Crippen LogP contribution in [0.15, 0.2) is 66.7 Å². The van der Waals surface area contributed by atoms with Gasteiger partial charge in [-0.1, -0.05) is 24.3 Å². The molecule has 1 saturated heterocycles. The number of phenolic OH excluding ortho intramolecular Hbond substituents is 2. The zero-order valence-corrected chi connectivity index (χ0v) is 18.1. The Balaban J connectivity index is 1.40. The van der Waals surface area contributed by atoms with Gasteiger partial charge in [-0.25, -0.2) is 0 Å². The lowest BCUT2D eigenvalue weighted by Crippen LogP contribution is -2.25. The highest BCUT2D eigenvalue weighted by Gasteiger charge is 2.33. The van der Waals surface area contributed by atoms with Crippen LogP contribution in [0.5, 0.6) is 23.0 Å². The maximum atomic E-state index is 10.2. The molecule has 0 radical (unpaired) electrons. The lowest BCUT2D eigenvalue weighted by Gasteiger charge is -2.34. The second-order valence-corrected chi connectivity index (χ2v) is 8.68. The number of fused-ring (bicyclic) bond motifs is 1. The summed E-state index contributed by atoms with van der Waals surface area (Å²) < 4.78 is 12.0. The quantitative estimate of drug-likeness (QED) is 0.582. The SMILES string of the molecule is Oc1ccc([C@@H]2COc3ccc(O)cc3[C@H]2c2ccc(OCCN3CCCC3)cc2)cc1. The Morgan fingerprint density at radius 1 is 0.844 bits per heavy atom. The molecule has 5 rings (SSSR count). The summed E-state index contributed by atoms with van der Waals surface area (Å²) in [5.41, 5.74) is 3.20. The Morgan fingerprint density at radius 2 is 1.53 bits per heavy atom. The first kappa shape index (κ1) is 20.7. The van der Waals surface area contributed by atoms with Crippen molar-refractivity contribution in [2.24, 2.45) is 0 Å². The minimum absolute atomic E-state index is 0.0223. The second kappa shape index (κ2) is 9.13. The summed E-state index contributed by atoms with van der Waals surface area (Å²) in [4.78, 5) is 2.45. The lowest BCUT2D eigenvalue weighted by atomic mass is 9.76. The molecular weight excluding hydrogens is 402 g/mol. The van der Waals surface area contributed by atoms with Crippen LogP contribution in [-0.2, 0) is 0 Å². The molecule has 0 saturated carbocycles. The fourth-order valence-corrected chi connectivity index (χ4v) is 4.90. The van der Waals surface area contributed by atoms with Crippen LogP contribution in [0.1, 0.15) is 41.4 Å². The molecule has 0 aromatic heterocycles. The van der Waals surface area contributed by atoms with E-state index in [1.807, 2.05) is 30.3 Å². The fourth-order valence-electron chi connectivity index (χ4n) is 4.90. The maximum absolute atomic E-state index is 10.2. The molecule has 0 spiro atoms. The van der Waals surface area contributed by atoms with Crippen LogP contribution in [0.4, 0.5) is 0 Å². The minimum atomic E-state index is 0.0223. The van der Waals surface area contributed by atoms with E-state index in [1.165, 1.54) is 25.9 Å². The summed E-state index contributed by atoms with van der Waals surface area (Å²) in [6, 6.07) is 20.9. The van der Waals surface area contributed by atoms with Gasteiger partial charge in [0.1, 0.15) is 29.6 Å². The van der Waals surface area contributed by atoms with Crippen LogP contribution in [0.2, 0.25) is 0 Å². The molecule has 2 atom stereocenters. The molecule has 0 bridgehead atoms. The minimum Gasteiger partial charge on any atom is -0.508 e. The van der Waals surface area contributed by atoms with Gasteiger partial charge in [0, 0.05) is 23.9 Å². The molecule has 2 aliphatic heterocycles. The average molecular weight is 432 g/mol. The van der Waals surface area contributed by atoms with Gasteiger partial charge in [-0.3, -0.25) is 4.90 Å². The zero-order chi connectivity index (χ0) is 21.9. The molecule has 5 heteroatoms. The topological polar surface area (TPSA) is 62.2 Å². The Kier molecular flexibility index (Phi) is 5.91. The van der Waals surface area contributed by atoms with Crippen molar-refractivity contribution in [1.29, 1.82) is 0 Å². The van der Waals surface area contributed by atoms with Crippen LogP contribution < -0.4 is 9.47 Å². The molecule has 0 aliphatic carbocycles. The van der Waals surface area contributed by atoms with E-state index >= 15 is 0 Å². The van der Waals surface area contributed by atoms with Gasteiger partial charge in [0.2, 0.25) is 0 Å². The number of benzene rings is 3. The van der Waals surface area contributed by atoms with Crippen LogP contribution in [0.3, 0.4) is 0 Å². The molecule has 166 valence electrons. The third-order valence-electron chi connectivity index (χ3n) is 6.58. The van der Waals surface area contributed by atoms with Gasteiger partial charge < -0.3 is 19.7 Å². The molecule has 3 aromatic carbocycles. The Labute approximate surface area is 188 Å². The molecule has 32 heavy (non-hydrogen) atoms. The van der Waals surface area contributed by atoms with E-state index in [2.05, 4.69) is 17.0 Å². The monoisotopic (exact) mass is 431 g/mol. The molecule has 2 heterocycles. The van der Waals surface area contributed by atoms with E-state index in [1.54, 1.807) is 24.3 Å². The number of phenols is 2. The van der Waals surface area contributed by atoms with E-state index in [4.69, 9.17) is 9.47 Å². The van der Waals surface area contributed by atoms with Gasteiger partial charge in [-0.2, -0.15) is 0 Å². The smallest absolute Gasteiger partial charge is 0.123 e. The fraction of sp³-hybridized carbons (Fsp3) is 0.333. The van der Waals surface area contributed by atoms with Gasteiger partial charge >= 0.3 is 0 Å².